The molecule has 1 saturated heterocycles. The number of pyridine rings is 1. The summed E-state index contributed by atoms with van der Waals surface area (Å²) in [5, 5.41) is 5.44. The lowest BCUT2D eigenvalue weighted by atomic mass is 9.97. The lowest BCUT2D eigenvalue weighted by molar-refractivity contribution is -0.134. The maximum Gasteiger partial charge on any atom is 0.405 e. The minimum absolute atomic E-state index is 0.240. The molecule has 1 aliphatic heterocycles. The Kier molecular flexibility index (Phi) is 5.14. The van der Waals surface area contributed by atoms with Gasteiger partial charge in [0, 0.05) is 6.20 Å². The zero-order chi connectivity index (χ0) is 19.5. The monoisotopic (exact) mass is 373 g/mol. The van der Waals surface area contributed by atoms with Crippen LogP contribution in [0.15, 0.2) is 24.4 Å². The quantitative estimate of drug-likeness (QED) is 0.653. The van der Waals surface area contributed by atoms with Crippen LogP contribution >= 0.6 is 0 Å². The van der Waals surface area contributed by atoms with Gasteiger partial charge in [0.1, 0.15) is 13.1 Å². The van der Waals surface area contributed by atoms with E-state index in [1.807, 2.05) is 0 Å². The van der Waals surface area contributed by atoms with E-state index >= 15 is 0 Å². The molecule has 1 aromatic heterocycles. The number of urea groups is 2. The summed E-state index contributed by atoms with van der Waals surface area (Å²) in [5.74, 6) is -1.91. The van der Waals surface area contributed by atoms with Gasteiger partial charge >= 0.3 is 18.2 Å². The van der Waals surface area contributed by atoms with E-state index in [1.165, 1.54) is 24.5 Å². The number of nitrogens with one attached hydrogen (secondary N) is 3. The summed E-state index contributed by atoms with van der Waals surface area (Å²) in [6.45, 7) is -1.08. The van der Waals surface area contributed by atoms with E-state index in [-0.39, 0.29) is 5.69 Å². The molecular weight excluding hydrogens is 359 g/mol. The number of aromatic nitrogens is 1. The van der Waals surface area contributed by atoms with Gasteiger partial charge in [-0.05, 0) is 19.1 Å². The van der Waals surface area contributed by atoms with Gasteiger partial charge in [-0.25, -0.2) is 9.59 Å². The standard InChI is InChI=1S/C14H14F3N5O4/c1-13(8-4-2-3-5-18-8)10(24)22(12(26)21-13)6-9(23)20-11(25)19-7-14(15,16)17/h2-5H,6-7H2,1H3,(H,21,26)(H2,19,20,23,25). The van der Waals surface area contributed by atoms with E-state index in [4.69, 9.17) is 0 Å². The van der Waals surface area contributed by atoms with E-state index < -0.39 is 48.7 Å². The number of carbonyl (C=O) groups is 4. The molecule has 1 fully saturated rings. The molecule has 0 saturated carbocycles. The smallest absolute Gasteiger partial charge is 0.329 e. The first kappa shape index (κ1) is 19.1. The van der Waals surface area contributed by atoms with Crippen LogP contribution in [-0.4, -0.2) is 53.0 Å². The van der Waals surface area contributed by atoms with Crippen molar-refractivity contribution in [1.82, 2.24) is 25.8 Å². The Morgan fingerprint density at radius 1 is 1.31 bits per heavy atom. The second kappa shape index (κ2) is 6.98. The third-order valence-corrected chi connectivity index (χ3v) is 3.46. The zero-order valence-corrected chi connectivity index (χ0v) is 13.4. The second-order valence-corrected chi connectivity index (χ2v) is 5.51. The fourth-order valence-electron chi connectivity index (χ4n) is 2.21. The molecule has 12 heteroatoms. The molecular formula is C14H14F3N5O4. The van der Waals surface area contributed by atoms with Crippen molar-refractivity contribution in [2.24, 2.45) is 0 Å². The van der Waals surface area contributed by atoms with E-state index in [1.54, 1.807) is 17.4 Å². The average molecular weight is 373 g/mol. The van der Waals surface area contributed by atoms with Gasteiger partial charge in [0.25, 0.3) is 5.91 Å². The minimum Gasteiger partial charge on any atom is -0.329 e. The van der Waals surface area contributed by atoms with E-state index in [9.17, 15) is 32.3 Å². The summed E-state index contributed by atoms with van der Waals surface area (Å²) in [6.07, 6.45) is -3.23. The van der Waals surface area contributed by atoms with Gasteiger partial charge in [0.05, 0.1) is 5.69 Å². The van der Waals surface area contributed by atoms with E-state index in [0.29, 0.717) is 4.90 Å². The van der Waals surface area contributed by atoms with E-state index in [0.717, 1.165) is 0 Å². The Hall–Kier alpha value is -3.18. The van der Waals surface area contributed by atoms with Gasteiger partial charge in [-0.15, -0.1) is 0 Å². The Balaban J connectivity index is 1.99. The first-order valence-corrected chi connectivity index (χ1v) is 7.23. The first-order chi connectivity index (χ1) is 12.0. The molecule has 9 nitrogen and oxygen atoms in total. The number of imide groups is 2. The Morgan fingerprint density at radius 2 is 2.00 bits per heavy atom. The highest BCUT2D eigenvalue weighted by Gasteiger charge is 2.50. The summed E-state index contributed by atoms with van der Waals surface area (Å²) < 4.78 is 36.0. The molecule has 1 aromatic rings. The first-order valence-electron chi connectivity index (χ1n) is 7.23. The Morgan fingerprint density at radius 3 is 2.58 bits per heavy atom. The van der Waals surface area contributed by atoms with Crippen LogP contribution in [0.25, 0.3) is 0 Å². The molecule has 0 radical (unpaired) electrons. The third-order valence-electron chi connectivity index (χ3n) is 3.46. The van der Waals surface area contributed by atoms with E-state index in [2.05, 4.69) is 10.3 Å². The van der Waals surface area contributed by atoms with Crippen molar-refractivity contribution in [3.05, 3.63) is 30.1 Å². The maximum absolute atomic E-state index is 12.5. The second-order valence-electron chi connectivity index (χ2n) is 5.51. The molecule has 1 unspecified atom stereocenters. The molecule has 6 amide bonds. The topological polar surface area (TPSA) is 120 Å². The Bertz CT molecular complexity index is 740. The third kappa shape index (κ3) is 4.26. The van der Waals surface area contributed by atoms with Gasteiger partial charge in [-0.1, -0.05) is 6.07 Å². The normalized spacial score (nSPS) is 19.9. The SMILES string of the molecule is CC1(c2ccccn2)NC(=O)N(CC(=O)NC(=O)NCC(F)(F)F)C1=O. The molecule has 2 rings (SSSR count). The highest BCUT2D eigenvalue weighted by Crippen LogP contribution is 2.26. The van der Waals surface area contributed by atoms with Crippen LogP contribution in [0.1, 0.15) is 12.6 Å². The molecule has 1 aliphatic rings. The number of nitrogens with zero attached hydrogens (tertiary/aromatic N) is 2. The van der Waals surface area contributed by atoms with Gasteiger partial charge < -0.3 is 10.6 Å². The number of hydrogen-bond donors (Lipinski definition) is 3. The minimum atomic E-state index is -4.64. The lowest BCUT2D eigenvalue weighted by Crippen LogP contribution is -2.48. The van der Waals surface area contributed by atoms with Crippen molar-refractivity contribution in [1.29, 1.82) is 0 Å². The van der Waals surface area contributed by atoms with Crippen LogP contribution in [0.3, 0.4) is 0 Å². The maximum atomic E-state index is 12.5. The number of alkyl halides is 3. The van der Waals surface area contributed by atoms with Crippen molar-refractivity contribution < 1.29 is 32.3 Å². The van der Waals surface area contributed by atoms with Crippen molar-refractivity contribution in [3.8, 4) is 0 Å². The highest BCUT2D eigenvalue weighted by molar-refractivity contribution is 6.09. The van der Waals surface area contributed by atoms with Crippen LogP contribution in [-0.2, 0) is 15.1 Å². The Labute approximate surface area is 144 Å². The summed E-state index contributed by atoms with van der Waals surface area (Å²) in [4.78, 5) is 52.0. The summed E-state index contributed by atoms with van der Waals surface area (Å²) in [5.41, 5.74) is -1.26. The van der Waals surface area contributed by atoms with Crippen molar-refractivity contribution in [2.45, 2.75) is 18.6 Å². The predicted molar refractivity (Wildman–Crippen MR) is 79.4 cm³/mol. The number of hydrogen-bond acceptors (Lipinski definition) is 5. The van der Waals surface area contributed by atoms with Gasteiger partial charge in [0.2, 0.25) is 5.91 Å². The predicted octanol–water partition coefficient (Wildman–Crippen LogP) is 0.237. The number of carbonyl (C=O) groups excluding carboxylic acids is 4. The molecule has 0 bridgehead atoms. The number of rotatable bonds is 4. The van der Waals surface area contributed by atoms with Crippen LogP contribution in [0, 0.1) is 0 Å². The van der Waals surface area contributed by atoms with Crippen LogP contribution in [0.2, 0.25) is 0 Å². The largest absolute Gasteiger partial charge is 0.405 e. The molecule has 26 heavy (non-hydrogen) atoms. The molecule has 3 N–H and O–H groups in total. The molecule has 1 atom stereocenters. The fourth-order valence-corrected chi connectivity index (χ4v) is 2.21. The van der Waals surface area contributed by atoms with Crippen molar-refractivity contribution >= 4 is 23.9 Å². The lowest BCUT2D eigenvalue weighted by Gasteiger charge is -2.20. The average Bonchev–Trinajstić information content (AvgIpc) is 2.77. The highest BCUT2D eigenvalue weighted by atomic mass is 19.4. The molecule has 0 aliphatic carbocycles. The summed E-state index contributed by atoms with van der Waals surface area (Å²) in [6, 6.07) is 2.43. The summed E-state index contributed by atoms with van der Waals surface area (Å²) in [7, 11) is 0. The van der Waals surface area contributed by atoms with Crippen molar-refractivity contribution in [3.63, 3.8) is 0 Å². The molecule has 0 aromatic carbocycles. The fraction of sp³-hybridized carbons (Fsp3) is 0.357. The molecule has 140 valence electrons. The van der Waals surface area contributed by atoms with Crippen LogP contribution in [0.4, 0.5) is 22.8 Å². The van der Waals surface area contributed by atoms with Crippen LogP contribution < -0.4 is 16.0 Å². The molecule has 0 spiro atoms. The van der Waals surface area contributed by atoms with Gasteiger partial charge in [-0.3, -0.25) is 24.8 Å². The van der Waals surface area contributed by atoms with Crippen molar-refractivity contribution in [2.75, 3.05) is 13.1 Å². The van der Waals surface area contributed by atoms with Gasteiger partial charge in [0.15, 0.2) is 5.54 Å². The number of halogens is 3. The van der Waals surface area contributed by atoms with Gasteiger partial charge in [-0.2, -0.15) is 13.2 Å². The molecule has 2 heterocycles. The zero-order valence-electron chi connectivity index (χ0n) is 13.4. The summed E-state index contributed by atoms with van der Waals surface area (Å²) >= 11 is 0. The number of amides is 6. The van der Waals surface area contributed by atoms with Crippen LogP contribution in [0.5, 0.6) is 0 Å².